The first-order valence-corrected chi connectivity index (χ1v) is 7.64. The Balaban J connectivity index is 2.04. The molecule has 2 aromatic carbocycles. The van der Waals surface area contributed by atoms with Gasteiger partial charge in [0.25, 0.3) is 0 Å². The number of hydrogen-bond donors (Lipinski definition) is 1. The highest BCUT2D eigenvalue weighted by Crippen LogP contribution is 2.30. The van der Waals surface area contributed by atoms with Gasteiger partial charge in [0.05, 0.1) is 0 Å². The van der Waals surface area contributed by atoms with E-state index in [0.717, 1.165) is 25.3 Å². The van der Waals surface area contributed by atoms with Crippen LogP contribution in [0.5, 0.6) is 0 Å². The molecule has 1 nitrogen and oxygen atoms in total. The van der Waals surface area contributed by atoms with Gasteiger partial charge in [0.15, 0.2) is 0 Å². The number of benzene rings is 2. The first-order chi connectivity index (χ1) is 8.15. The topological polar surface area (TPSA) is 26.0 Å². The van der Waals surface area contributed by atoms with Crippen LogP contribution in [0.2, 0.25) is 0 Å². The van der Waals surface area contributed by atoms with Crippen molar-refractivity contribution in [3.63, 3.8) is 0 Å². The molecular weight excluding hydrogens is 362 g/mol. The number of rotatable bonds is 3. The molecule has 4 heteroatoms. The number of thioether (sulfide) groups is 1. The zero-order chi connectivity index (χ0) is 12.3. The minimum absolute atomic E-state index is 0.821. The van der Waals surface area contributed by atoms with Gasteiger partial charge in [0, 0.05) is 25.3 Å². The molecule has 0 aliphatic carbocycles. The van der Waals surface area contributed by atoms with Crippen LogP contribution in [-0.2, 0) is 5.75 Å². The van der Waals surface area contributed by atoms with Gasteiger partial charge in [-0.2, -0.15) is 0 Å². The van der Waals surface area contributed by atoms with E-state index in [1.165, 1.54) is 5.56 Å². The van der Waals surface area contributed by atoms with E-state index in [4.69, 9.17) is 5.73 Å². The van der Waals surface area contributed by atoms with Crippen molar-refractivity contribution in [3.8, 4) is 0 Å². The second kappa shape index (κ2) is 5.94. The van der Waals surface area contributed by atoms with E-state index in [1.807, 2.05) is 18.2 Å². The Labute approximate surface area is 122 Å². The summed E-state index contributed by atoms with van der Waals surface area (Å²) in [7, 11) is 0. The lowest BCUT2D eigenvalue weighted by atomic mass is 10.2. The van der Waals surface area contributed by atoms with Crippen LogP contribution in [0.15, 0.2) is 56.3 Å². The number of anilines is 1. The van der Waals surface area contributed by atoms with Gasteiger partial charge in [0.2, 0.25) is 0 Å². The smallest absolute Gasteiger partial charge is 0.0463 e. The minimum atomic E-state index is 0.821. The lowest BCUT2D eigenvalue weighted by molar-refractivity contribution is 1.37. The van der Waals surface area contributed by atoms with Crippen molar-refractivity contribution in [3.05, 3.63) is 57.0 Å². The first-order valence-electron chi connectivity index (χ1n) is 5.07. The molecule has 2 rings (SSSR count). The maximum atomic E-state index is 5.95. The van der Waals surface area contributed by atoms with E-state index in [0.29, 0.717) is 0 Å². The monoisotopic (exact) mass is 371 g/mol. The Bertz CT molecular complexity index is 511. The number of nitrogens with two attached hydrogens (primary N) is 1. The molecule has 0 atom stereocenters. The van der Waals surface area contributed by atoms with Crippen molar-refractivity contribution in [2.45, 2.75) is 10.6 Å². The van der Waals surface area contributed by atoms with Crippen molar-refractivity contribution in [2.75, 3.05) is 5.73 Å². The zero-order valence-corrected chi connectivity index (χ0v) is 13.0. The third-order valence-electron chi connectivity index (χ3n) is 2.28. The summed E-state index contributed by atoms with van der Waals surface area (Å²) < 4.78 is 2.12. The molecule has 0 saturated carbocycles. The number of nitrogen functional groups attached to an aromatic ring is 1. The predicted molar refractivity (Wildman–Crippen MR) is 82.3 cm³/mol. The van der Waals surface area contributed by atoms with Crippen LogP contribution >= 0.6 is 43.6 Å². The molecule has 0 unspecified atom stereocenters. The number of hydrogen-bond acceptors (Lipinski definition) is 2. The molecule has 17 heavy (non-hydrogen) atoms. The fourth-order valence-electron chi connectivity index (χ4n) is 1.39. The highest BCUT2D eigenvalue weighted by atomic mass is 79.9. The summed E-state index contributed by atoms with van der Waals surface area (Å²) in [5, 5.41) is 0. The van der Waals surface area contributed by atoms with Crippen molar-refractivity contribution < 1.29 is 0 Å². The van der Waals surface area contributed by atoms with Gasteiger partial charge in [-0.1, -0.05) is 44.0 Å². The van der Waals surface area contributed by atoms with E-state index in [-0.39, 0.29) is 0 Å². The summed E-state index contributed by atoms with van der Waals surface area (Å²) >= 11 is 8.59. The Kier molecular flexibility index (Phi) is 4.54. The summed E-state index contributed by atoms with van der Waals surface area (Å²) in [6, 6.07) is 14.3. The Morgan fingerprint density at radius 2 is 1.59 bits per heavy atom. The van der Waals surface area contributed by atoms with Crippen LogP contribution in [0.25, 0.3) is 0 Å². The van der Waals surface area contributed by atoms with E-state index >= 15 is 0 Å². The maximum absolute atomic E-state index is 5.95. The quantitative estimate of drug-likeness (QED) is 0.600. The molecule has 0 heterocycles. The molecule has 0 aromatic heterocycles. The molecule has 0 aliphatic heterocycles. The zero-order valence-electron chi connectivity index (χ0n) is 8.99. The molecule has 0 amide bonds. The van der Waals surface area contributed by atoms with E-state index in [2.05, 4.69) is 56.1 Å². The molecule has 2 N–H and O–H groups in total. The fraction of sp³-hybridized carbons (Fsp3) is 0.0769. The van der Waals surface area contributed by atoms with Crippen molar-refractivity contribution in [1.82, 2.24) is 0 Å². The van der Waals surface area contributed by atoms with Crippen LogP contribution in [-0.4, -0.2) is 0 Å². The van der Waals surface area contributed by atoms with Gasteiger partial charge in [0.1, 0.15) is 0 Å². The molecule has 0 fully saturated rings. The standard InChI is InChI=1S/C13H11Br2NS/c14-10-3-1-9(2-4-10)8-17-13-6-5-11(15)7-12(13)16/h1-7H,8,16H2. The van der Waals surface area contributed by atoms with Crippen molar-refractivity contribution >= 4 is 49.3 Å². The first kappa shape index (κ1) is 13.0. The normalized spacial score (nSPS) is 10.5. The van der Waals surface area contributed by atoms with Gasteiger partial charge in [-0.3, -0.25) is 0 Å². The highest BCUT2D eigenvalue weighted by molar-refractivity contribution is 9.10. The highest BCUT2D eigenvalue weighted by Gasteiger charge is 2.01. The van der Waals surface area contributed by atoms with E-state index in [9.17, 15) is 0 Å². The van der Waals surface area contributed by atoms with Crippen molar-refractivity contribution in [1.29, 1.82) is 0 Å². The summed E-state index contributed by atoms with van der Waals surface area (Å²) in [4.78, 5) is 1.12. The summed E-state index contributed by atoms with van der Waals surface area (Å²) in [6.45, 7) is 0. The molecule has 0 bridgehead atoms. The van der Waals surface area contributed by atoms with Crippen LogP contribution in [0, 0.1) is 0 Å². The minimum Gasteiger partial charge on any atom is -0.398 e. The predicted octanol–water partition coefficient (Wildman–Crippen LogP) is 5.09. The molecule has 0 saturated heterocycles. The lowest BCUT2D eigenvalue weighted by Gasteiger charge is -2.06. The molecule has 88 valence electrons. The molecule has 0 radical (unpaired) electrons. The second-order valence-corrected chi connectivity index (χ2v) is 6.45. The van der Waals surface area contributed by atoms with Crippen LogP contribution in [0.4, 0.5) is 5.69 Å². The van der Waals surface area contributed by atoms with Crippen LogP contribution in [0.1, 0.15) is 5.56 Å². The van der Waals surface area contributed by atoms with Gasteiger partial charge < -0.3 is 5.73 Å². The Morgan fingerprint density at radius 1 is 0.941 bits per heavy atom. The van der Waals surface area contributed by atoms with E-state index in [1.54, 1.807) is 11.8 Å². The van der Waals surface area contributed by atoms with Gasteiger partial charge in [-0.05, 0) is 35.9 Å². The SMILES string of the molecule is Nc1cc(Br)ccc1SCc1ccc(Br)cc1. The maximum Gasteiger partial charge on any atom is 0.0463 e. The van der Waals surface area contributed by atoms with Crippen molar-refractivity contribution in [2.24, 2.45) is 0 Å². The summed E-state index contributed by atoms with van der Waals surface area (Å²) in [5.41, 5.74) is 8.06. The van der Waals surface area contributed by atoms with Gasteiger partial charge >= 0.3 is 0 Å². The molecular formula is C13H11Br2NS. The number of halogens is 2. The third kappa shape index (κ3) is 3.76. The summed E-state index contributed by atoms with van der Waals surface area (Å²) in [6.07, 6.45) is 0. The second-order valence-electron chi connectivity index (χ2n) is 3.60. The Hall–Kier alpha value is -0.450. The third-order valence-corrected chi connectivity index (χ3v) is 4.46. The summed E-state index contributed by atoms with van der Waals surface area (Å²) in [5.74, 6) is 0.930. The van der Waals surface area contributed by atoms with Gasteiger partial charge in [-0.15, -0.1) is 11.8 Å². The average molecular weight is 373 g/mol. The molecule has 2 aromatic rings. The average Bonchev–Trinajstić information content (AvgIpc) is 2.30. The lowest BCUT2D eigenvalue weighted by Crippen LogP contribution is -1.89. The molecule has 0 spiro atoms. The fourth-order valence-corrected chi connectivity index (χ4v) is 2.94. The van der Waals surface area contributed by atoms with Gasteiger partial charge in [-0.25, -0.2) is 0 Å². The largest absolute Gasteiger partial charge is 0.398 e. The Morgan fingerprint density at radius 3 is 2.24 bits per heavy atom. The van der Waals surface area contributed by atoms with Crippen LogP contribution < -0.4 is 5.73 Å². The van der Waals surface area contributed by atoms with E-state index < -0.39 is 0 Å². The van der Waals surface area contributed by atoms with Crippen LogP contribution in [0.3, 0.4) is 0 Å². The molecule has 0 aliphatic rings.